The van der Waals surface area contributed by atoms with E-state index in [0.717, 1.165) is 16.6 Å². The van der Waals surface area contributed by atoms with E-state index in [4.69, 9.17) is 4.42 Å². The standard InChI is InChI=1S/C32H18OS/c1-2-9-23-19(6-1)14-16-25-31-22(10-5-12-27(31)33-32(23)25)21-15-17-28-26(18-21)24-11-3-7-20-8-4-13-29(34-28)30(20)24/h1-18H. The molecule has 0 bridgehead atoms. The van der Waals surface area contributed by atoms with Gasteiger partial charge in [0.05, 0.1) is 0 Å². The van der Waals surface area contributed by atoms with E-state index in [2.05, 4.69) is 109 Å². The van der Waals surface area contributed by atoms with Crippen LogP contribution in [0, 0.1) is 0 Å². The van der Waals surface area contributed by atoms with Crippen LogP contribution in [-0.2, 0) is 0 Å². The number of rotatable bonds is 1. The van der Waals surface area contributed by atoms with E-state index in [1.807, 2.05) is 11.8 Å². The number of hydrogen-bond donors (Lipinski definition) is 0. The van der Waals surface area contributed by atoms with Crippen molar-refractivity contribution in [2.24, 2.45) is 0 Å². The predicted octanol–water partition coefficient (Wildman–Crippen LogP) is 9.69. The summed E-state index contributed by atoms with van der Waals surface area (Å²) in [6.45, 7) is 0. The summed E-state index contributed by atoms with van der Waals surface area (Å²) in [5, 5.41) is 7.38. The van der Waals surface area contributed by atoms with Gasteiger partial charge in [-0.3, -0.25) is 0 Å². The smallest absolute Gasteiger partial charge is 0.143 e. The average molecular weight is 451 g/mol. The van der Waals surface area contributed by atoms with Gasteiger partial charge in [-0.2, -0.15) is 0 Å². The highest BCUT2D eigenvalue weighted by Crippen LogP contribution is 2.49. The molecule has 158 valence electrons. The van der Waals surface area contributed by atoms with E-state index in [1.54, 1.807) is 0 Å². The van der Waals surface area contributed by atoms with Crippen LogP contribution in [0.3, 0.4) is 0 Å². The SMILES string of the molecule is c1cc2c3c(cccc3c1)-c1cc(-c3cccc4oc5c6ccccc6ccc5c34)ccc1S2. The quantitative estimate of drug-likeness (QED) is 0.247. The lowest BCUT2D eigenvalue weighted by Gasteiger charge is -2.21. The van der Waals surface area contributed by atoms with Gasteiger partial charge >= 0.3 is 0 Å². The van der Waals surface area contributed by atoms with E-state index < -0.39 is 0 Å². The lowest BCUT2D eigenvalue weighted by molar-refractivity contribution is 0.673. The Hall–Kier alpha value is -4.01. The summed E-state index contributed by atoms with van der Waals surface area (Å²) in [5.41, 5.74) is 6.96. The largest absolute Gasteiger partial charge is 0.455 e. The number of fused-ring (bicyclic) bond motifs is 7. The molecule has 1 aliphatic heterocycles. The molecule has 0 amide bonds. The summed E-state index contributed by atoms with van der Waals surface area (Å²) in [6.07, 6.45) is 0. The maximum atomic E-state index is 6.43. The fraction of sp³-hybridized carbons (Fsp3) is 0. The molecule has 0 spiro atoms. The average Bonchev–Trinajstić information content (AvgIpc) is 3.28. The Morgan fingerprint density at radius 3 is 2.29 bits per heavy atom. The minimum atomic E-state index is 0.934. The molecule has 0 N–H and O–H groups in total. The molecule has 8 rings (SSSR count). The zero-order valence-corrected chi connectivity index (χ0v) is 19.0. The molecule has 2 heterocycles. The van der Waals surface area contributed by atoms with Gasteiger partial charge in [-0.25, -0.2) is 0 Å². The lowest BCUT2D eigenvalue weighted by Crippen LogP contribution is -1.93. The first-order valence-corrected chi connectivity index (χ1v) is 12.3. The van der Waals surface area contributed by atoms with Gasteiger partial charge in [0.2, 0.25) is 0 Å². The molecule has 0 unspecified atom stereocenters. The molecule has 0 atom stereocenters. The van der Waals surface area contributed by atoms with Crippen LogP contribution >= 0.6 is 11.8 Å². The second-order valence-corrected chi connectivity index (χ2v) is 10.0. The van der Waals surface area contributed by atoms with E-state index in [-0.39, 0.29) is 0 Å². The third-order valence-electron chi connectivity index (χ3n) is 7.05. The fourth-order valence-electron chi connectivity index (χ4n) is 5.53. The highest BCUT2D eigenvalue weighted by Gasteiger charge is 2.21. The van der Waals surface area contributed by atoms with E-state index in [1.165, 1.54) is 59.0 Å². The van der Waals surface area contributed by atoms with Gasteiger partial charge < -0.3 is 4.42 Å². The summed E-state index contributed by atoms with van der Waals surface area (Å²) < 4.78 is 6.43. The zero-order valence-electron chi connectivity index (χ0n) is 18.2. The Morgan fingerprint density at radius 2 is 1.32 bits per heavy atom. The molecule has 0 fully saturated rings. The summed E-state index contributed by atoms with van der Waals surface area (Å²) in [6, 6.07) is 39.4. The molecule has 0 aliphatic carbocycles. The highest BCUT2D eigenvalue weighted by molar-refractivity contribution is 7.99. The molecule has 1 aromatic heterocycles. The Labute approximate surface area is 200 Å². The van der Waals surface area contributed by atoms with Crippen LogP contribution in [0.4, 0.5) is 0 Å². The van der Waals surface area contributed by atoms with Crippen LogP contribution in [-0.4, -0.2) is 0 Å². The van der Waals surface area contributed by atoms with Crippen molar-refractivity contribution in [1.29, 1.82) is 0 Å². The molecule has 1 nitrogen and oxygen atoms in total. The molecular weight excluding hydrogens is 432 g/mol. The van der Waals surface area contributed by atoms with Gasteiger partial charge in [0.1, 0.15) is 11.2 Å². The first-order chi connectivity index (χ1) is 16.8. The van der Waals surface area contributed by atoms with Gasteiger partial charge in [0, 0.05) is 31.3 Å². The summed E-state index contributed by atoms with van der Waals surface area (Å²) in [7, 11) is 0. The van der Waals surface area contributed by atoms with Gasteiger partial charge in [-0.15, -0.1) is 0 Å². The van der Waals surface area contributed by atoms with Gasteiger partial charge in [-0.1, -0.05) is 90.6 Å². The number of benzene rings is 6. The van der Waals surface area contributed by atoms with Gasteiger partial charge in [0.15, 0.2) is 0 Å². The minimum Gasteiger partial charge on any atom is -0.455 e. The topological polar surface area (TPSA) is 13.1 Å². The second kappa shape index (κ2) is 6.75. The van der Waals surface area contributed by atoms with E-state index in [0.29, 0.717) is 0 Å². The molecule has 7 aromatic rings. The Kier molecular flexibility index (Phi) is 3.66. The van der Waals surface area contributed by atoms with Crippen LogP contribution in [0.5, 0.6) is 0 Å². The molecule has 6 aromatic carbocycles. The Bertz CT molecular complexity index is 1940. The summed E-state index contributed by atoms with van der Waals surface area (Å²) >= 11 is 1.87. The van der Waals surface area contributed by atoms with Gasteiger partial charge in [-0.05, 0) is 63.4 Å². The maximum Gasteiger partial charge on any atom is 0.143 e. The molecule has 2 heteroatoms. The second-order valence-electron chi connectivity index (χ2n) is 8.92. The summed E-state index contributed by atoms with van der Waals surface area (Å²) in [5.74, 6) is 0. The van der Waals surface area contributed by atoms with Crippen LogP contribution in [0.1, 0.15) is 0 Å². The van der Waals surface area contributed by atoms with Crippen LogP contribution in [0.15, 0.2) is 123 Å². The maximum absolute atomic E-state index is 6.43. The molecule has 34 heavy (non-hydrogen) atoms. The Balaban J connectivity index is 1.41. The zero-order chi connectivity index (χ0) is 22.2. The molecule has 1 aliphatic rings. The normalized spacial score (nSPS) is 12.6. The fourth-order valence-corrected chi connectivity index (χ4v) is 6.65. The third kappa shape index (κ3) is 2.46. The van der Waals surface area contributed by atoms with Crippen molar-refractivity contribution in [3.8, 4) is 22.3 Å². The van der Waals surface area contributed by atoms with E-state index in [9.17, 15) is 0 Å². The number of furan rings is 1. The van der Waals surface area contributed by atoms with E-state index >= 15 is 0 Å². The Morgan fingerprint density at radius 1 is 0.500 bits per heavy atom. The van der Waals surface area contributed by atoms with Crippen molar-refractivity contribution in [2.45, 2.75) is 9.79 Å². The van der Waals surface area contributed by atoms with Crippen LogP contribution in [0.2, 0.25) is 0 Å². The van der Waals surface area contributed by atoms with Crippen molar-refractivity contribution >= 4 is 55.2 Å². The minimum absolute atomic E-state index is 0.934. The van der Waals surface area contributed by atoms with Crippen molar-refractivity contribution in [1.82, 2.24) is 0 Å². The number of hydrogen-bond acceptors (Lipinski definition) is 2. The first-order valence-electron chi connectivity index (χ1n) is 11.5. The molecular formula is C32H18OS. The molecule has 0 radical (unpaired) electrons. The van der Waals surface area contributed by atoms with Crippen molar-refractivity contribution < 1.29 is 4.42 Å². The predicted molar refractivity (Wildman–Crippen MR) is 144 cm³/mol. The highest BCUT2D eigenvalue weighted by atomic mass is 32.2. The first kappa shape index (κ1) is 18.4. The van der Waals surface area contributed by atoms with Crippen LogP contribution < -0.4 is 0 Å². The van der Waals surface area contributed by atoms with Crippen molar-refractivity contribution in [2.75, 3.05) is 0 Å². The van der Waals surface area contributed by atoms with Gasteiger partial charge in [0.25, 0.3) is 0 Å². The monoisotopic (exact) mass is 450 g/mol. The van der Waals surface area contributed by atoms with Crippen molar-refractivity contribution in [3.63, 3.8) is 0 Å². The summed E-state index contributed by atoms with van der Waals surface area (Å²) in [4.78, 5) is 2.65. The third-order valence-corrected chi connectivity index (χ3v) is 8.19. The molecule has 0 saturated carbocycles. The van der Waals surface area contributed by atoms with Crippen LogP contribution in [0.25, 0.3) is 65.7 Å². The lowest BCUT2D eigenvalue weighted by atomic mass is 9.93. The van der Waals surface area contributed by atoms with Crippen molar-refractivity contribution in [3.05, 3.63) is 109 Å². The molecule has 0 saturated heterocycles.